The van der Waals surface area contributed by atoms with Crippen molar-refractivity contribution in [3.8, 4) is 0 Å². The van der Waals surface area contributed by atoms with Crippen LogP contribution in [-0.4, -0.2) is 31.8 Å². The maximum atomic E-state index is 11.6. The molecule has 0 atom stereocenters. The predicted molar refractivity (Wildman–Crippen MR) is 49.5 cm³/mol. The summed E-state index contributed by atoms with van der Waals surface area (Å²) in [6.07, 6.45) is 1.45. The first kappa shape index (κ1) is 9.94. The van der Waals surface area contributed by atoms with Gasteiger partial charge in [0.1, 0.15) is 10.7 Å². The van der Waals surface area contributed by atoms with Gasteiger partial charge in [0.15, 0.2) is 0 Å². The van der Waals surface area contributed by atoms with E-state index < -0.39 is 10.0 Å². The number of hydrogen-bond acceptors (Lipinski definition) is 4. The molecule has 1 aromatic rings. The molecular weight excluding hydrogens is 190 g/mol. The minimum absolute atomic E-state index is 0.0243. The van der Waals surface area contributed by atoms with Crippen molar-refractivity contribution < 1.29 is 8.42 Å². The SMILES string of the molecule is CN(C)S(=O)(=O)c1cccnc1N. The predicted octanol–water partition coefficient (Wildman–Crippen LogP) is -0.0859. The van der Waals surface area contributed by atoms with Gasteiger partial charge in [0, 0.05) is 20.3 Å². The van der Waals surface area contributed by atoms with Crippen molar-refractivity contribution in [1.29, 1.82) is 0 Å². The maximum Gasteiger partial charge on any atom is 0.246 e. The number of nitrogen functional groups attached to an aromatic ring is 1. The smallest absolute Gasteiger partial charge is 0.246 e. The second-order valence-electron chi connectivity index (χ2n) is 2.67. The van der Waals surface area contributed by atoms with E-state index in [0.717, 1.165) is 4.31 Å². The van der Waals surface area contributed by atoms with E-state index in [1.165, 1.54) is 32.4 Å². The van der Waals surface area contributed by atoms with Crippen molar-refractivity contribution in [2.24, 2.45) is 0 Å². The Bertz CT molecular complexity index is 400. The summed E-state index contributed by atoms with van der Waals surface area (Å²) in [7, 11) is -0.569. The van der Waals surface area contributed by atoms with Crippen LogP contribution >= 0.6 is 0 Å². The van der Waals surface area contributed by atoms with Crippen molar-refractivity contribution in [1.82, 2.24) is 9.29 Å². The maximum absolute atomic E-state index is 11.6. The van der Waals surface area contributed by atoms with Gasteiger partial charge in [0.25, 0.3) is 0 Å². The fraction of sp³-hybridized carbons (Fsp3) is 0.286. The molecule has 0 radical (unpaired) electrons. The van der Waals surface area contributed by atoms with Gasteiger partial charge < -0.3 is 5.73 Å². The normalized spacial score (nSPS) is 11.9. The number of pyridine rings is 1. The number of rotatable bonds is 2. The molecular formula is C7H11N3O2S. The van der Waals surface area contributed by atoms with Gasteiger partial charge in [-0.05, 0) is 12.1 Å². The third-order valence-electron chi connectivity index (χ3n) is 1.56. The molecule has 0 saturated heterocycles. The molecule has 0 aliphatic heterocycles. The van der Waals surface area contributed by atoms with E-state index in [4.69, 9.17) is 5.73 Å². The molecule has 72 valence electrons. The van der Waals surface area contributed by atoms with Gasteiger partial charge >= 0.3 is 0 Å². The highest BCUT2D eigenvalue weighted by Crippen LogP contribution is 2.17. The molecule has 0 saturated carbocycles. The van der Waals surface area contributed by atoms with Gasteiger partial charge in [0.05, 0.1) is 0 Å². The molecule has 6 heteroatoms. The molecule has 0 unspecified atom stereocenters. The largest absolute Gasteiger partial charge is 0.383 e. The van der Waals surface area contributed by atoms with Crippen molar-refractivity contribution in [2.45, 2.75) is 4.90 Å². The summed E-state index contributed by atoms with van der Waals surface area (Å²) in [5.74, 6) is 0.0243. The van der Waals surface area contributed by atoms with E-state index in [9.17, 15) is 8.42 Å². The molecule has 1 heterocycles. The molecule has 0 spiro atoms. The van der Waals surface area contributed by atoms with Crippen LogP contribution in [0.15, 0.2) is 23.2 Å². The third kappa shape index (κ3) is 1.78. The van der Waals surface area contributed by atoms with Crippen LogP contribution in [-0.2, 0) is 10.0 Å². The first-order chi connectivity index (χ1) is 5.96. The highest BCUT2D eigenvalue weighted by molar-refractivity contribution is 7.89. The Kier molecular flexibility index (Phi) is 2.53. The second kappa shape index (κ2) is 3.31. The Morgan fingerprint density at radius 2 is 2.08 bits per heavy atom. The zero-order valence-corrected chi connectivity index (χ0v) is 8.25. The lowest BCUT2D eigenvalue weighted by Crippen LogP contribution is -2.23. The van der Waals surface area contributed by atoms with Gasteiger partial charge in [-0.15, -0.1) is 0 Å². The second-order valence-corrected chi connectivity index (χ2v) is 4.79. The number of anilines is 1. The molecule has 13 heavy (non-hydrogen) atoms. The van der Waals surface area contributed by atoms with Crippen LogP contribution in [0.2, 0.25) is 0 Å². The summed E-state index contributed by atoms with van der Waals surface area (Å²) in [6.45, 7) is 0. The minimum Gasteiger partial charge on any atom is -0.383 e. The average molecular weight is 201 g/mol. The highest BCUT2D eigenvalue weighted by atomic mass is 32.2. The molecule has 0 fully saturated rings. The van der Waals surface area contributed by atoms with Gasteiger partial charge in [-0.25, -0.2) is 17.7 Å². The number of hydrogen-bond donors (Lipinski definition) is 1. The standard InChI is InChI=1S/C7H11N3O2S/c1-10(2)13(11,12)6-4-3-5-9-7(6)8/h3-5H,1-2H3,(H2,8,9). The number of aromatic nitrogens is 1. The first-order valence-corrected chi connectivity index (χ1v) is 5.03. The molecule has 2 N–H and O–H groups in total. The summed E-state index contributed by atoms with van der Waals surface area (Å²) in [5, 5.41) is 0. The summed E-state index contributed by atoms with van der Waals surface area (Å²) in [4.78, 5) is 3.74. The Labute approximate surface area is 77.2 Å². The van der Waals surface area contributed by atoms with Gasteiger partial charge in [-0.1, -0.05) is 0 Å². The van der Waals surface area contributed by atoms with E-state index in [-0.39, 0.29) is 10.7 Å². The van der Waals surface area contributed by atoms with E-state index in [2.05, 4.69) is 4.98 Å². The Hall–Kier alpha value is -1.14. The molecule has 0 aromatic carbocycles. The topological polar surface area (TPSA) is 76.3 Å². The fourth-order valence-electron chi connectivity index (χ4n) is 0.818. The number of nitrogens with two attached hydrogens (primary N) is 1. The molecule has 0 bridgehead atoms. The van der Waals surface area contributed by atoms with Crippen LogP contribution in [0.4, 0.5) is 5.82 Å². The Morgan fingerprint density at radius 3 is 2.54 bits per heavy atom. The zero-order chi connectivity index (χ0) is 10.1. The van der Waals surface area contributed by atoms with Crippen LogP contribution < -0.4 is 5.73 Å². The molecule has 0 amide bonds. The van der Waals surface area contributed by atoms with Crippen molar-refractivity contribution in [3.63, 3.8) is 0 Å². The first-order valence-electron chi connectivity index (χ1n) is 3.59. The molecule has 0 aliphatic rings. The van der Waals surface area contributed by atoms with Gasteiger partial charge in [0.2, 0.25) is 10.0 Å². The van der Waals surface area contributed by atoms with Crippen molar-refractivity contribution in [3.05, 3.63) is 18.3 Å². The van der Waals surface area contributed by atoms with E-state index in [1.807, 2.05) is 0 Å². The lowest BCUT2D eigenvalue weighted by molar-refractivity contribution is 0.521. The van der Waals surface area contributed by atoms with Crippen molar-refractivity contribution in [2.75, 3.05) is 19.8 Å². The molecule has 0 aliphatic carbocycles. The lowest BCUT2D eigenvalue weighted by Gasteiger charge is -2.11. The lowest BCUT2D eigenvalue weighted by atomic mass is 10.5. The van der Waals surface area contributed by atoms with Gasteiger partial charge in [-0.2, -0.15) is 0 Å². The molecule has 1 aromatic heterocycles. The minimum atomic E-state index is -3.46. The Morgan fingerprint density at radius 1 is 1.46 bits per heavy atom. The monoisotopic (exact) mass is 201 g/mol. The molecule has 1 rings (SSSR count). The summed E-state index contributed by atoms with van der Waals surface area (Å²) in [5.41, 5.74) is 5.43. The van der Waals surface area contributed by atoms with E-state index in [0.29, 0.717) is 0 Å². The molecule has 5 nitrogen and oxygen atoms in total. The average Bonchev–Trinajstić information content (AvgIpc) is 2.04. The quantitative estimate of drug-likeness (QED) is 0.725. The Balaban J connectivity index is 3.32. The van der Waals surface area contributed by atoms with E-state index in [1.54, 1.807) is 0 Å². The van der Waals surface area contributed by atoms with E-state index >= 15 is 0 Å². The van der Waals surface area contributed by atoms with Crippen LogP contribution in [0, 0.1) is 0 Å². The van der Waals surface area contributed by atoms with Crippen LogP contribution in [0.3, 0.4) is 0 Å². The highest BCUT2D eigenvalue weighted by Gasteiger charge is 2.19. The van der Waals surface area contributed by atoms with Crippen molar-refractivity contribution >= 4 is 15.8 Å². The summed E-state index contributed by atoms with van der Waals surface area (Å²) < 4.78 is 24.2. The zero-order valence-electron chi connectivity index (χ0n) is 7.43. The summed E-state index contributed by atoms with van der Waals surface area (Å²) in [6, 6.07) is 2.96. The van der Waals surface area contributed by atoms with Crippen LogP contribution in [0.1, 0.15) is 0 Å². The van der Waals surface area contributed by atoms with Gasteiger partial charge in [-0.3, -0.25) is 0 Å². The fourth-order valence-corrected chi connectivity index (χ4v) is 1.78. The number of sulfonamides is 1. The van der Waals surface area contributed by atoms with Crippen LogP contribution in [0.5, 0.6) is 0 Å². The number of nitrogens with zero attached hydrogens (tertiary/aromatic N) is 2. The third-order valence-corrected chi connectivity index (χ3v) is 3.42. The summed E-state index contributed by atoms with van der Waals surface area (Å²) >= 11 is 0. The van der Waals surface area contributed by atoms with Crippen LogP contribution in [0.25, 0.3) is 0 Å².